The minimum atomic E-state index is -1.49. The van der Waals surface area contributed by atoms with Crippen molar-refractivity contribution in [3.05, 3.63) is 12.3 Å². The highest BCUT2D eigenvalue weighted by atomic mass is 16.7. The van der Waals surface area contributed by atoms with Crippen LogP contribution in [0.15, 0.2) is 12.3 Å². The van der Waals surface area contributed by atoms with E-state index in [2.05, 4.69) is 43.2 Å². The molecule has 74 heavy (non-hydrogen) atoms. The Bertz CT molecular complexity index is 1810. The van der Waals surface area contributed by atoms with Crippen LogP contribution in [0.25, 0.3) is 0 Å². The van der Waals surface area contributed by atoms with Crippen LogP contribution in [-0.4, -0.2) is 148 Å². The normalized spacial score (nSPS) is 13.8. The average Bonchev–Trinajstić information content (AvgIpc) is 3.34. The Kier molecular flexibility index (Phi) is 37.6. The Labute approximate surface area is 437 Å². The van der Waals surface area contributed by atoms with Crippen LogP contribution in [0, 0.1) is 23.7 Å². The van der Waals surface area contributed by atoms with Crippen LogP contribution in [-0.2, 0) is 62.2 Å². The van der Waals surface area contributed by atoms with Crippen molar-refractivity contribution in [1.29, 1.82) is 0 Å². The van der Waals surface area contributed by atoms with Gasteiger partial charge in [-0.15, -0.1) is 0 Å². The first-order valence-corrected chi connectivity index (χ1v) is 26.3. The summed E-state index contributed by atoms with van der Waals surface area (Å²) in [6.07, 6.45) is 2.04. The summed E-state index contributed by atoms with van der Waals surface area (Å²) in [6.45, 7) is 14.8. The fourth-order valence-corrected chi connectivity index (χ4v) is 7.78. The number of carboxylic acids is 1. The number of ketones is 5. The molecule has 422 valence electrons. The van der Waals surface area contributed by atoms with Crippen molar-refractivity contribution in [3.63, 3.8) is 0 Å². The number of hydrogen-bond donors (Lipinski definition) is 8. The molecule has 4 amide bonds. The highest BCUT2D eigenvalue weighted by Crippen LogP contribution is 2.23. The zero-order chi connectivity index (χ0) is 56.0. The number of rotatable bonds is 46. The number of Topliss-reactive ketones (excluding diaryl/α,β-unsaturated/α-hetero) is 5. The van der Waals surface area contributed by atoms with Gasteiger partial charge in [0.05, 0.1) is 50.9 Å². The molecule has 0 spiro atoms. The van der Waals surface area contributed by atoms with Crippen LogP contribution >= 0.6 is 0 Å². The van der Waals surface area contributed by atoms with Gasteiger partial charge in [-0.3, -0.25) is 47.9 Å². The first kappa shape index (κ1) is 68.4. The van der Waals surface area contributed by atoms with Gasteiger partial charge in [-0.1, -0.05) is 53.5 Å². The predicted molar refractivity (Wildman–Crippen MR) is 276 cm³/mol. The number of allylic oxidation sites excluding steroid dienone is 1. The molecule has 0 aliphatic heterocycles. The zero-order valence-corrected chi connectivity index (χ0v) is 45.2. The number of hydrogen-bond acceptors (Lipinski definition) is 17. The van der Waals surface area contributed by atoms with Gasteiger partial charge >= 0.3 is 12.1 Å². The van der Waals surface area contributed by atoms with Crippen molar-refractivity contribution in [2.75, 3.05) is 59.7 Å². The molecule has 0 heterocycles. The molecule has 0 aromatic carbocycles. The molecule has 0 bridgehead atoms. The number of nitrogens with one attached hydrogen (secondary N) is 6. The van der Waals surface area contributed by atoms with E-state index in [9.17, 15) is 57.8 Å². The van der Waals surface area contributed by atoms with Gasteiger partial charge in [0.15, 0.2) is 17.3 Å². The Morgan fingerprint density at radius 3 is 1.88 bits per heavy atom. The third-order valence-corrected chi connectivity index (χ3v) is 12.2. The summed E-state index contributed by atoms with van der Waals surface area (Å²) in [5.41, 5.74) is 6.33. The second kappa shape index (κ2) is 40.7. The highest BCUT2D eigenvalue weighted by Gasteiger charge is 2.33. The smallest absolute Gasteiger partial charge is 0.481 e. The van der Waals surface area contributed by atoms with E-state index < -0.39 is 108 Å². The van der Waals surface area contributed by atoms with Crippen molar-refractivity contribution in [2.45, 2.75) is 169 Å². The summed E-state index contributed by atoms with van der Waals surface area (Å²) in [5.74, 6) is -9.26. The average molecular weight is 1050 g/mol. The minimum absolute atomic E-state index is 0.0528. The number of nitrogens with two attached hydrogens (primary N) is 1. The van der Waals surface area contributed by atoms with E-state index in [4.69, 9.17) is 15.2 Å². The summed E-state index contributed by atoms with van der Waals surface area (Å²) < 4.78 is 14.7. The number of ether oxygens (including phenoxy) is 3. The molecule has 22 heteroatoms. The van der Waals surface area contributed by atoms with Gasteiger partial charge in [-0.05, 0) is 72.4 Å². The number of carbonyl (C=O) groups is 11. The van der Waals surface area contributed by atoms with Crippen LogP contribution in [0.3, 0.4) is 0 Å². The van der Waals surface area contributed by atoms with Crippen molar-refractivity contribution in [2.24, 2.45) is 29.4 Å². The summed E-state index contributed by atoms with van der Waals surface area (Å²) in [7, 11) is 1.65. The molecule has 0 aromatic heterocycles. The monoisotopic (exact) mass is 1050 g/mol. The molecule has 0 aliphatic carbocycles. The lowest BCUT2D eigenvalue weighted by molar-refractivity contribution is -0.141. The van der Waals surface area contributed by atoms with Gasteiger partial charge in [-0.25, -0.2) is 4.79 Å². The summed E-state index contributed by atoms with van der Waals surface area (Å²) in [4.78, 5) is 143. The number of likely N-dealkylation sites (N-methyl/N-ethyl adjacent to an activating group) is 1. The third kappa shape index (κ3) is 31.9. The number of carboxylic acid groups (broad SMARTS) is 1. The molecule has 0 saturated carbocycles. The van der Waals surface area contributed by atoms with E-state index in [0.717, 1.165) is 12.8 Å². The number of carbonyl (C=O) groups excluding carboxylic acids is 10. The minimum Gasteiger partial charge on any atom is -0.481 e. The van der Waals surface area contributed by atoms with E-state index in [1.165, 1.54) is 6.92 Å². The van der Waals surface area contributed by atoms with Crippen LogP contribution in [0.1, 0.15) is 151 Å². The molecule has 0 fully saturated rings. The summed E-state index contributed by atoms with van der Waals surface area (Å²) >= 11 is 0. The Morgan fingerprint density at radius 1 is 0.595 bits per heavy atom. The number of amides is 4. The van der Waals surface area contributed by atoms with Gasteiger partial charge < -0.3 is 57.0 Å². The van der Waals surface area contributed by atoms with Crippen molar-refractivity contribution >= 4 is 64.7 Å². The van der Waals surface area contributed by atoms with Gasteiger partial charge in [0.25, 0.3) is 0 Å². The molecular formula is C52H89N7O15. The fraction of sp³-hybridized carbons (Fsp3) is 0.750. The van der Waals surface area contributed by atoms with E-state index in [0.29, 0.717) is 57.3 Å². The molecule has 4 unspecified atom stereocenters. The largest absolute Gasteiger partial charge is 0.508 e. The van der Waals surface area contributed by atoms with Crippen molar-refractivity contribution < 1.29 is 72.1 Å². The van der Waals surface area contributed by atoms with Crippen molar-refractivity contribution in [3.8, 4) is 0 Å². The quantitative estimate of drug-likeness (QED) is 0.0321. The van der Waals surface area contributed by atoms with Crippen LogP contribution in [0.5, 0.6) is 0 Å². The molecule has 0 radical (unpaired) electrons. The standard InChI is InChI=1S/C52H89N7O15/c1-9-12-13-17-38(50(69)59-42(32-48(66)67)46(64)29-36(7)49(68)56-24-25-72-26-27-74-52(71)73-11-3)31-44(62)35(6)28-45(63)37(18-16-23-55-34(4)5)30-39(60)33-57-47(65)21-20-43(61)41(19-14-15-22-53)58-51(70)40(10-2)54-8/h35-38,40-42,54-55H,4,9-33,53H2,1-3,5-8H3,(H,56,68)(H,57,65)(H,58,70)(H,59,69)(H,66,67)/t35-,36?,37+,38?,40?,41+,42?/m1/s1. The topological polar surface area (TPSA) is 334 Å². The lowest BCUT2D eigenvalue weighted by Crippen LogP contribution is -2.49. The lowest BCUT2D eigenvalue weighted by atomic mass is 9.84. The van der Waals surface area contributed by atoms with Crippen molar-refractivity contribution in [1.82, 2.24) is 31.9 Å². The third-order valence-electron chi connectivity index (χ3n) is 12.2. The predicted octanol–water partition coefficient (Wildman–Crippen LogP) is 3.15. The second-order valence-electron chi connectivity index (χ2n) is 18.7. The summed E-state index contributed by atoms with van der Waals surface area (Å²) in [6, 6.07) is -2.78. The first-order valence-electron chi connectivity index (χ1n) is 26.3. The summed E-state index contributed by atoms with van der Waals surface area (Å²) in [5, 5.41) is 26.1. The maximum absolute atomic E-state index is 13.9. The molecule has 22 nitrogen and oxygen atoms in total. The maximum Gasteiger partial charge on any atom is 0.508 e. The van der Waals surface area contributed by atoms with Gasteiger partial charge in [0, 0.05) is 81.0 Å². The Morgan fingerprint density at radius 2 is 1.26 bits per heavy atom. The fourth-order valence-electron chi connectivity index (χ4n) is 7.78. The number of unbranched alkanes of at least 4 members (excludes halogenated alkanes) is 3. The van der Waals surface area contributed by atoms with Crippen LogP contribution in [0.2, 0.25) is 0 Å². The van der Waals surface area contributed by atoms with E-state index >= 15 is 0 Å². The van der Waals surface area contributed by atoms with E-state index in [1.807, 2.05) is 13.8 Å². The SMILES string of the molecule is C=C(C)NCCC[C@@H](CC(=O)CNC(=O)CCC(=O)[C@H](CCCCN)NC(=O)C(CC)NC)C(=O)C[C@@H](C)C(=O)CC(CCCCC)C(=O)NC(CC(=O)O)C(=O)CC(C)C(=O)NCCOCCOC(=O)OCC. The van der Waals surface area contributed by atoms with E-state index in [-0.39, 0.29) is 95.4 Å². The molecule has 0 aliphatic rings. The van der Waals surface area contributed by atoms with Crippen LogP contribution < -0.4 is 37.6 Å². The van der Waals surface area contributed by atoms with Gasteiger partial charge in [0.2, 0.25) is 23.6 Å². The molecule has 7 atom stereocenters. The maximum atomic E-state index is 13.9. The molecule has 0 rings (SSSR count). The lowest BCUT2D eigenvalue weighted by Gasteiger charge is -2.23. The first-order chi connectivity index (χ1) is 35.1. The van der Waals surface area contributed by atoms with E-state index in [1.54, 1.807) is 27.8 Å². The second-order valence-corrected chi connectivity index (χ2v) is 18.7. The molecule has 0 saturated heterocycles. The molecular weight excluding hydrogens is 963 g/mol. The molecule has 0 aromatic rings. The molecule has 9 N–H and O–H groups in total. The zero-order valence-electron chi connectivity index (χ0n) is 45.2. The van der Waals surface area contributed by atoms with Gasteiger partial charge in [-0.2, -0.15) is 0 Å². The van der Waals surface area contributed by atoms with Gasteiger partial charge in [0.1, 0.15) is 18.2 Å². The highest BCUT2D eigenvalue weighted by molar-refractivity contribution is 5.97. The number of aliphatic carboxylic acids is 1. The Hall–Kier alpha value is -5.61. The van der Waals surface area contributed by atoms with Crippen LogP contribution in [0.4, 0.5) is 4.79 Å². The Balaban J connectivity index is 5.74.